The number of benzene rings is 1. The number of hydrogen-bond acceptors (Lipinski definition) is 4. The van der Waals surface area contributed by atoms with Crippen molar-refractivity contribution < 1.29 is 9.53 Å². The van der Waals surface area contributed by atoms with E-state index in [4.69, 9.17) is 10.3 Å². The fourth-order valence-corrected chi connectivity index (χ4v) is 4.37. The van der Waals surface area contributed by atoms with Crippen LogP contribution in [-0.2, 0) is 9.53 Å². The van der Waals surface area contributed by atoms with Crippen LogP contribution in [-0.4, -0.2) is 12.1 Å². The number of nitrogens with zero attached hydrogens (tertiary/aromatic N) is 1. The largest absolute Gasteiger partial charge is 0.456 e. The van der Waals surface area contributed by atoms with Crippen molar-refractivity contribution in [3.05, 3.63) is 54.2 Å². The Morgan fingerprint density at radius 1 is 1.30 bits per heavy atom. The summed E-state index contributed by atoms with van der Waals surface area (Å²) in [5.41, 5.74) is 9.77. The molecule has 1 aromatic carbocycles. The molecular formula is C23H30N2O2. The van der Waals surface area contributed by atoms with E-state index >= 15 is 0 Å². The second kappa shape index (κ2) is 8.20. The zero-order valence-corrected chi connectivity index (χ0v) is 16.4. The quantitative estimate of drug-likeness (QED) is 0.246. The van der Waals surface area contributed by atoms with Crippen molar-refractivity contribution in [1.82, 2.24) is 0 Å². The van der Waals surface area contributed by atoms with Crippen molar-refractivity contribution in [3.63, 3.8) is 0 Å². The first kappa shape index (κ1) is 19.5. The average Bonchev–Trinajstić information content (AvgIpc) is 3.38. The molecule has 27 heavy (non-hydrogen) atoms. The van der Waals surface area contributed by atoms with Crippen molar-refractivity contribution in [2.75, 3.05) is 0 Å². The number of esters is 1. The lowest BCUT2D eigenvalue weighted by Gasteiger charge is -2.34. The Morgan fingerprint density at radius 3 is 2.67 bits per heavy atom. The summed E-state index contributed by atoms with van der Waals surface area (Å²) in [7, 11) is 0. The van der Waals surface area contributed by atoms with Gasteiger partial charge in [0, 0.05) is 5.57 Å². The van der Waals surface area contributed by atoms with Gasteiger partial charge in [-0.15, -0.1) is 6.58 Å². The molecule has 4 heteroatoms. The van der Waals surface area contributed by atoms with E-state index in [0.29, 0.717) is 5.70 Å². The zero-order valence-electron chi connectivity index (χ0n) is 16.4. The first-order chi connectivity index (χ1) is 13.1. The molecule has 0 bridgehead atoms. The number of hydrogen-bond donors (Lipinski definition) is 1. The molecule has 144 valence electrons. The Labute approximate surface area is 162 Å². The van der Waals surface area contributed by atoms with E-state index in [1.807, 2.05) is 50.3 Å². The van der Waals surface area contributed by atoms with Gasteiger partial charge < -0.3 is 4.74 Å². The van der Waals surface area contributed by atoms with Crippen molar-refractivity contribution in [1.29, 1.82) is 5.53 Å². The van der Waals surface area contributed by atoms with Gasteiger partial charge in [0.2, 0.25) is 0 Å². The number of rotatable bonds is 9. The molecule has 3 atom stereocenters. The molecule has 1 heterocycles. The molecular weight excluding hydrogens is 336 g/mol. The fraction of sp³-hybridized carbons (Fsp3) is 0.522. The van der Waals surface area contributed by atoms with Crippen LogP contribution in [0, 0.1) is 22.8 Å². The number of carbonyl (C=O) groups excluding carboxylic acids is 1. The molecule has 1 aliphatic carbocycles. The van der Waals surface area contributed by atoms with Crippen molar-refractivity contribution >= 4 is 11.5 Å². The SMILES string of the molecule is C=CCCCCC[C@@H]1C[C@]12C(=O)O[C@@H](C(C)C)C(c1ccccc1)=C2N=N. The van der Waals surface area contributed by atoms with Gasteiger partial charge in [-0.2, -0.15) is 5.11 Å². The second-order valence-electron chi connectivity index (χ2n) is 8.11. The van der Waals surface area contributed by atoms with Gasteiger partial charge in [-0.05, 0) is 43.1 Å². The number of unbranched alkanes of at least 4 members (excludes halogenated alkanes) is 3. The highest BCUT2D eigenvalue weighted by molar-refractivity contribution is 5.93. The van der Waals surface area contributed by atoms with E-state index in [1.54, 1.807) is 0 Å². The summed E-state index contributed by atoms with van der Waals surface area (Å²) in [4.78, 5) is 13.0. The molecule has 0 aromatic heterocycles. The van der Waals surface area contributed by atoms with Crippen LogP contribution in [0.25, 0.3) is 5.57 Å². The summed E-state index contributed by atoms with van der Waals surface area (Å²) < 4.78 is 5.95. The Bertz CT molecular complexity index is 738. The molecule has 1 aromatic rings. The zero-order chi connectivity index (χ0) is 19.4. The summed E-state index contributed by atoms with van der Waals surface area (Å²) in [6.07, 6.45) is 7.77. The minimum Gasteiger partial charge on any atom is -0.456 e. The van der Waals surface area contributed by atoms with Crippen LogP contribution in [0.4, 0.5) is 0 Å². The van der Waals surface area contributed by atoms with E-state index in [2.05, 4.69) is 11.7 Å². The number of carbonyl (C=O) groups is 1. The maximum atomic E-state index is 13.0. The van der Waals surface area contributed by atoms with Crippen LogP contribution in [0.15, 0.2) is 53.8 Å². The maximum absolute atomic E-state index is 13.0. The van der Waals surface area contributed by atoms with Crippen molar-refractivity contribution in [3.8, 4) is 0 Å². The molecule has 1 N–H and O–H groups in total. The predicted molar refractivity (Wildman–Crippen MR) is 107 cm³/mol. The Balaban J connectivity index is 1.90. The van der Waals surface area contributed by atoms with Gasteiger partial charge in [0.25, 0.3) is 0 Å². The number of ether oxygens (including phenoxy) is 1. The van der Waals surface area contributed by atoms with Gasteiger partial charge in [0.15, 0.2) is 0 Å². The van der Waals surface area contributed by atoms with Crippen molar-refractivity contribution in [2.45, 2.75) is 58.5 Å². The summed E-state index contributed by atoms with van der Waals surface area (Å²) in [6, 6.07) is 9.98. The topological polar surface area (TPSA) is 62.5 Å². The molecule has 0 amide bonds. The summed E-state index contributed by atoms with van der Waals surface area (Å²) in [5, 5.41) is 3.93. The van der Waals surface area contributed by atoms with E-state index in [0.717, 1.165) is 49.7 Å². The van der Waals surface area contributed by atoms with Gasteiger partial charge in [0.05, 0.1) is 5.70 Å². The molecule has 1 fully saturated rings. The normalized spacial score (nSPS) is 27.0. The van der Waals surface area contributed by atoms with Gasteiger partial charge >= 0.3 is 5.97 Å². The molecule has 1 saturated carbocycles. The van der Waals surface area contributed by atoms with Crippen LogP contribution >= 0.6 is 0 Å². The van der Waals surface area contributed by atoms with E-state index in [-0.39, 0.29) is 23.9 Å². The lowest BCUT2D eigenvalue weighted by molar-refractivity contribution is -0.155. The number of cyclic esters (lactones) is 1. The van der Waals surface area contributed by atoms with Crippen LogP contribution in [0.5, 0.6) is 0 Å². The number of nitrogens with one attached hydrogen (secondary N) is 1. The first-order valence-corrected chi connectivity index (χ1v) is 10.1. The molecule has 0 unspecified atom stereocenters. The summed E-state index contributed by atoms with van der Waals surface area (Å²) >= 11 is 0. The highest BCUT2D eigenvalue weighted by atomic mass is 16.5. The smallest absolute Gasteiger partial charge is 0.319 e. The molecule has 1 aliphatic heterocycles. The molecule has 1 spiro atoms. The standard InChI is InChI=1S/C23H30N2O2/c1-4-5-6-7-11-14-18-15-23(18)21(25-24)19(17-12-9-8-10-13-17)20(16(2)3)27-22(23)26/h4,8-10,12-13,16,18,20,24H,1,5-7,11,14-15H2,2-3H3/t18-,20+,23+/m1/s1. The third kappa shape index (κ3) is 3.62. The van der Waals surface area contributed by atoms with E-state index in [9.17, 15) is 4.79 Å². The van der Waals surface area contributed by atoms with Crippen LogP contribution in [0.1, 0.15) is 57.9 Å². The highest BCUT2D eigenvalue weighted by Gasteiger charge is 2.67. The highest BCUT2D eigenvalue weighted by Crippen LogP contribution is 2.65. The molecule has 0 radical (unpaired) electrons. The summed E-state index contributed by atoms with van der Waals surface area (Å²) in [6.45, 7) is 7.85. The van der Waals surface area contributed by atoms with Crippen molar-refractivity contribution in [2.24, 2.45) is 22.4 Å². The second-order valence-corrected chi connectivity index (χ2v) is 8.11. The van der Waals surface area contributed by atoms with Gasteiger partial charge in [-0.25, -0.2) is 5.53 Å². The number of allylic oxidation sites excluding steroid dienone is 1. The van der Waals surface area contributed by atoms with Gasteiger partial charge in [0.1, 0.15) is 11.5 Å². The predicted octanol–water partition coefficient (Wildman–Crippen LogP) is 6.15. The maximum Gasteiger partial charge on any atom is 0.319 e. The van der Waals surface area contributed by atoms with Gasteiger partial charge in [-0.1, -0.05) is 63.1 Å². The first-order valence-electron chi connectivity index (χ1n) is 10.1. The van der Waals surface area contributed by atoms with Gasteiger partial charge in [-0.3, -0.25) is 4.79 Å². The fourth-order valence-electron chi connectivity index (χ4n) is 4.37. The third-order valence-corrected chi connectivity index (χ3v) is 5.93. The lowest BCUT2D eigenvalue weighted by atomic mass is 9.82. The third-order valence-electron chi connectivity index (χ3n) is 5.93. The molecule has 3 rings (SSSR count). The Morgan fingerprint density at radius 2 is 2.04 bits per heavy atom. The Kier molecular flexibility index (Phi) is 5.93. The van der Waals surface area contributed by atoms with Crippen LogP contribution in [0.3, 0.4) is 0 Å². The monoisotopic (exact) mass is 366 g/mol. The minimum absolute atomic E-state index is 0.134. The molecule has 0 saturated heterocycles. The average molecular weight is 367 g/mol. The van der Waals surface area contributed by atoms with Crippen LogP contribution in [0.2, 0.25) is 0 Å². The van der Waals surface area contributed by atoms with E-state index < -0.39 is 5.41 Å². The molecule has 2 aliphatic rings. The molecule has 4 nitrogen and oxygen atoms in total. The van der Waals surface area contributed by atoms with E-state index in [1.165, 1.54) is 0 Å². The van der Waals surface area contributed by atoms with Crippen LogP contribution < -0.4 is 0 Å². The Hall–Kier alpha value is -2.23. The lowest BCUT2D eigenvalue weighted by Crippen LogP contribution is -2.38. The summed E-state index contributed by atoms with van der Waals surface area (Å²) in [5.74, 6) is 0.196. The minimum atomic E-state index is -0.698.